The van der Waals surface area contributed by atoms with Crippen molar-refractivity contribution in [3.8, 4) is 5.95 Å². The molecule has 2 rings (SSSR count). The quantitative estimate of drug-likeness (QED) is 0.835. The Balaban J connectivity index is 2.08. The first-order valence-corrected chi connectivity index (χ1v) is 6.82. The van der Waals surface area contributed by atoms with Crippen molar-refractivity contribution in [1.82, 2.24) is 24.7 Å². The van der Waals surface area contributed by atoms with E-state index in [1.165, 1.54) is 0 Å². The van der Waals surface area contributed by atoms with Gasteiger partial charge in [-0.3, -0.25) is 0 Å². The molecule has 2 heterocycles. The highest BCUT2D eigenvalue weighted by atomic mass is 15.4. The van der Waals surface area contributed by atoms with E-state index >= 15 is 0 Å². The number of rotatable bonds is 6. The summed E-state index contributed by atoms with van der Waals surface area (Å²) in [5.41, 5.74) is 5.72. The standard InChI is InChI=1S/C13H21N7/c1-9(2)5-6-10(3)16-12-17-11(14)18-13(19-12)20-8-4-7-15-20/h4,7-10H,5-6H2,1-3H3,(H3,14,16,17,18,19). The van der Waals surface area contributed by atoms with Gasteiger partial charge in [0.2, 0.25) is 11.9 Å². The van der Waals surface area contributed by atoms with Crippen molar-refractivity contribution in [2.75, 3.05) is 11.1 Å². The predicted molar refractivity (Wildman–Crippen MR) is 78.5 cm³/mol. The maximum Gasteiger partial charge on any atom is 0.257 e. The normalized spacial score (nSPS) is 12.6. The second kappa shape index (κ2) is 6.31. The minimum Gasteiger partial charge on any atom is -0.368 e. The Kier molecular flexibility index (Phi) is 4.49. The van der Waals surface area contributed by atoms with E-state index in [4.69, 9.17) is 5.73 Å². The van der Waals surface area contributed by atoms with Crippen LogP contribution in [0.3, 0.4) is 0 Å². The molecule has 20 heavy (non-hydrogen) atoms. The minimum atomic E-state index is 0.184. The van der Waals surface area contributed by atoms with Gasteiger partial charge in [0.05, 0.1) is 0 Å². The number of nitrogens with two attached hydrogens (primary N) is 1. The molecular weight excluding hydrogens is 254 g/mol. The Hall–Kier alpha value is -2.18. The molecule has 108 valence electrons. The minimum absolute atomic E-state index is 0.184. The maximum absolute atomic E-state index is 5.72. The molecule has 1 unspecified atom stereocenters. The Labute approximate surface area is 118 Å². The third kappa shape index (κ3) is 3.91. The van der Waals surface area contributed by atoms with Gasteiger partial charge in [-0.1, -0.05) is 13.8 Å². The molecule has 0 aliphatic rings. The van der Waals surface area contributed by atoms with E-state index in [1.54, 1.807) is 23.1 Å². The van der Waals surface area contributed by atoms with Crippen molar-refractivity contribution in [2.45, 2.75) is 39.7 Å². The molecule has 0 saturated heterocycles. The largest absolute Gasteiger partial charge is 0.368 e. The van der Waals surface area contributed by atoms with Crippen molar-refractivity contribution in [2.24, 2.45) is 5.92 Å². The molecule has 0 aliphatic carbocycles. The van der Waals surface area contributed by atoms with Crippen LogP contribution in [0.25, 0.3) is 5.95 Å². The molecule has 3 N–H and O–H groups in total. The molecule has 0 bridgehead atoms. The summed E-state index contributed by atoms with van der Waals surface area (Å²) in [5, 5.41) is 7.35. The van der Waals surface area contributed by atoms with Crippen LogP contribution >= 0.6 is 0 Å². The van der Waals surface area contributed by atoms with Crippen molar-refractivity contribution >= 4 is 11.9 Å². The molecule has 0 aliphatic heterocycles. The van der Waals surface area contributed by atoms with Crippen molar-refractivity contribution in [3.63, 3.8) is 0 Å². The van der Waals surface area contributed by atoms with E-state index in [0.717, 1.165) is 12.8 Å². The van der Waals surface area contributed by atoms with Gasteiger partial charge in [-0.2, -0.15) is 20.1 Å². The molecular formula is C13H21N7. The average Bonchev–Trinajstić information content (AvgIpc) is 2.89. The fraction of sp³-hybridized carbons (Fsp3) is 0.538. The van der Waals surface area contributed by atoms with E-state index in [0.29, 0.717) is 17.8 Å². The van der Waals surface area contributed by atoms with Gasteiger partial charge < -0.3 is 11.1 Å². The lowest BCUT2D eigenvalue weighted by Crippen LogP contribution is -2.19. The summed E-state index contributed by atoms with van der Waals surface area (Å²) in [6.07, 6.45) is 5.64. The summed E-state index contributed by atoms with van der Waals surface area (Å²) in [4.78, 5) is 12.5. The van der Waals surface area contributed by atoms with E-state index in [9.17, 15) is 0 Å². The van der Waals surface area contributed by atoms with Crippen molar-refractivity contribution in [1.29, 1.82) is 0 Å². The van der Waals surface area contributed by atoms with Crippen LogP contribution in [0.2, 0.25) is 0 Å². The lowest BCUT2D eigenvalue weighted by molar-refractivity contribution is 0.526. The average molecular weight is 275 g/mol. The van der Waals surface area contributed by atoms with E-state index in [1.807, 2.05) is 0 Å². The Morgan fingerprint density at radius 1 is 1.20 bits per heavy atom. The first kappa shape index (κ1) is 14.2. The highest BCUT2D eigenvalue weighted by Gasteiger charge is 2.09. The van der Waals surface area contributed by atoms with Crippen LogP contribution in [0, 0.1) is 5.92 Å². The SMILES string of the molecule is CC(C)CCC(C)Nc1nc(N)nc(-n2cccn2)n1. The summed E-state index contributed by atoms with van der Waals surface area (Å²) in [7, 11) is 0. The van der Waals surface area contributed by atoms with Crippen LogP contribution in [0.4, 0.5) is 11.9 Å². The van der Waals surface area contributed by atoms with E-state index < -0.39 is 0 Å². The molecule has 0 radical (unpaired) electrons. The third-order valence-corrected chi connectivity index (χ3v) is 2.90. The van der Waals surface area contributed by atoms with Crippen LogP contribution in [0.5, 0.6) is 0 Å². The van der Waals surface area contributed by atoms with Gasteiger partial charge in [0.15, 0.2) is 0 Å². The van der Waals surface area contributed by atoms with E-state index in [2.05, 4.69) is 46.1 Å². The Bertz CT molecular complexity index is 536. The van der Waals surface area contributed by atoms with Crippen LogP contribution < -0.4 is 11.1 Å². The van der Waals surface area contributed by atoms with Gasteiger partial charge in [-0.25, -0.2) is 4.68 Å². The van der Waals surface area contributed by atoms with Gasteiger partial charge in [-0.15, -0.1) is 0 Å². The number of hydrogen-bond donors (Lipinski definition) is 2. The molecule has 0 aromatic carbocycles. The monoisotopic (exact) mass is 275 g/mol. The summed E-state index contributed by atoms with van der Waals surface area (Å²) in [5.74, 6) is 1.77. The molecule has 7 heteroatoms. The van der Waals surface area contributed by atoms with Gasteiger partial charge in [0.1, 0.15) is 0 Å². The lowest BCUT2D eigenvalue weighted by atomic mass is 10.0. The first-order chi connectivity index (χ1) is 9.54. The third-order valence-electron chi connectivity index (χ3n) is 2.90. The van der Waals surface area contributed by atoms with Crippen LogP contribution in [0.15, 0.2) is 18.5 Å². The molecule has 1 atom stereocenters. The second-order valence-electron chi connectivity index (χ2n) is 5.28. The molecule has 0 fully saturated rings. The highest BCUT2D eigenvalue weighted by molar-refractivity contribution is 5.35. The van der Waals surface area contributed by atoms with Crippen LogP contribution in [0.1, 0.15) is 33.6 Å². The highest BCUT2D eigenvalue weighted by Crippen LogP contribution is 2.12. The first-order valence-electron chi connectivity index (χ1n) is 6.82. The molecule has 7 nitrogen and oxygen atoms in total. The summed E-state index contributed by atoms with van der Waals surface area (Å²) < 4.78 is 1.56. The lowest BCUT2D eigenvalue weighted by Gasteiger charge is -2.15. The van der Waals surface area contributed by atoms with Gasteiger partial charge in [0, 0.05) is 18.4 Å². The maximum atomic E-state index is 5.72. The Morgan fingerprint density at radius 2 is 2.00 bits per heavy atom. The fourth-order valence-electron chi connectivity index (χ4n) is 1.81. The van der Waals surface area contributed by atoms with Gasteiger partial charge >= 0.3 is 0 Å². The number of nitrogens with zero attached hydrogens (tertiary/aromatic N) is 5. The number of hydrogen-bond acceptors (Lipinski definition) is 6. The van der Waals surface area contributed by atoms with Crippen LogP contribution in [-0.2, 0) is 0 Å². The van der Waals surface area contributed by atoms with Gasteiger partial charge in [-0.05, 0) is 31.7 Å². The van der Waals surface area contributed by atoms with Crippen molar-refractivity contribution < 1.29 is 0 Å². The molecule has 2 aromatic heterocycles. The molecule has 0 saturated carbocycles. The smallest absolute Gasteiger partial charge is 0.257 e. The number of nitrogen functional groups attached to an aromatic ring is 1. The zero-order valence-electron chi connectivity index (χ0n) is 12.1. The Morgan fingerprint density at radius 3 is 2.65 bits per heavy atom. The summed E-state index contributed by atoms with van der Waals surface area (Å²) in [6, 6.07) is 2.09. The molecule has 2 aromatic rings. The number of nitrogens with one attached hydrogen (secondary N) is 1. The zero-order chi connectivity index (χ0) is 14.5. The topological polar surface area (TPSA) is 94.5 Å². The number of aromatic nitrogens is 5. The molecule has 0 amide bonds. The summed E-state index contributed by atoms with van der Waals surface area (Å²) in [6.45, 7) is 6.53. The summed E-state index contributed by atoms with van der Waals surface area (Å²) >= 11 is 0. The van der Waals surface area contributed by atoms with Crippen LogP contribution in [-0.4, -0.2) is 30.8 Å². The van der Waals surface area contributed by atoms with E-state index in [-0.39, 0.29) is 12.0 Å². The predicted octanol–water partition coefficient (Wildman–Crippen LogP) is 1.88. The zero-order valence-corrected chi connectivity index (χ0v) is 12.1. The van der Waals surface area contributed by atoms with Gasteiger partial charge in [0.25, 0.3) is 5.95 Å². The second-order valence-corrected chi connectivity index (χ2v) is 5.28. The number of anilines is 2. The fourth-order valence-corrected chi connectivity index (χ4v) is 1.81. The molecule has 0 spiro atoms. The van der Waals surface area contributed by atoms with Crippen molar-refractivity contribution in [3.05, 3.63) is 18.5 Å².